The standard InChI is InChI=1S/C18H21N3OS/c1-18(22,15-7-4-3-5-8-15)13-19-11-14-12-21(2)20-17(14)16-9-6-10-23-16/h3-10,12,19,22H,11,13H2,1-2H3. The Balaban J connectivity index is 1.68. The first-order valence-electron chi connectivity index (χ1n) is 7.61. The molecule has 0 amide bonds. The van der Waals surface area contributed by atoms with Crippen molar-refractivity contribution in [3.05, 3.63) is 65.2 Å². The largest absolute Gasteiger partial charge is 0.384 e. The lowest BCUT2D eigenvalue weighted by Gasteiger charge is -2.24. The van der Waals surface area contributed by atoms with E-state index in [0.29, 0.717) is 13.1 Å². The number of hydrogen-bond acceptors (Lipinski definition) is 4. The normalized spacial score (nSPS) is 13.9. The smallest absolute Gasteiger partial charge is 0.107 e. The molecule has 0 aliphatic carbocycles. The average molecular weight is 327 g/mol. The van der Waals surface area contributed by atoms with Crippen molar-refractivity contribution in [2.75, 3.05) is 6.54 Å². The van der Waals surface area contributed by atoms with Crippen LogP contribution in [0.3, 0.4) is 0 Å². The molecule has 0 saturated carbocycles. The Hall–Kier alpha value is -1.95. The van der Waals surface area contributed by atoms with Gasteiger partial charge in [0.2, 0.25) is 0 Å². The summed E-state index contributed by atoms with van der Waals surface area (Å²) in [4.78, 5) is 1.16. The Labute approximate surface area is 140 Å². The summed E-state index contributed by atoms with van der Waals surface area (Å²) < 4.78 is 1.83. The van der Waals surface area contributed by atoms with Crippen molar-refractivity contribution in [1.82, 2.24) is 15.1 Å². The highest BCUT2D eigenvalue weighted by atomic mass is 32.1. The zero-order valence-corrected chi connectivity index (χ0v) is 14.2. The SMILES string of the molecule is Cn1cc(CNCC(C)(O)c2ccccc2)c(-c2cccs2)n1. The summed E-state index contributed by atoms with van der Waals surface area (Å²) in [6.07, 6.45) is 2.03. The van der Waals surface area contributed by atoms with Crippen LogP contribution < -0.4 is 5.32 Å². The summed E-state index contributed by atoms with van der Waals surface area (Å²) in [6, 6.07) is 13.9. The van der Waals surface area contributed by atoms with Gasteiger partial charge in [-0.15, -0.1) is 11.3 Å². The minimum absolute atomic E-state index is 0.482. The maximum absolute atomic E-state index is 10.6. The quantitative estimate of drug-likeness (QED) is 0.731. The molecule has 1 unspecified atom stereocenters. The Morgan fingerprint density at radius 3 is 2.70 bits per heavy atom. The van der Waals surface area contributed by atoms with Crippen LogP contribution >= 0.6 is 11.3 Å². The number of hydrogen-bond donors (Lipinski definition) is 2. The zero-order chi connectivity index (χ0) is 16.3. The lowest BCUT2D eigenvalue weighted by atomic mass is 9.96. The predicted molar refractivity (Wildman–Crippen MR) is 94.2 cm³/mol. The number of nitrogens with one attached hydrogen (secondary N) is 1. The number of nitrogens with zero attached hydrogens (tertiary/aromatic N) is 2. The molecule has 3 aromatic rings. The molecule has 120 valence electrons. The fourth-order valence-corrected chi connectivity index (χ4v) is 3.37. The molecular weight excluding hydrogens is 306 g/mol. The molecule has 4 nitrogen and oxygen atoms in total. The first kappa shape index (κ1) is 15.9. The Kier molecular flexibility index (Phi) is 4.61. The monoisotopic (exact) mass is 327 g/mol. The van der Waals surface area contributed by atoms with E-state index in [1.807, 2.05) is 61.2 Å². The van der Waals surface area contributed by atoms with Crippen LogP contribution in [0.15, 0.2) is 54.0 Å². The molecule has 0 radical (unpaired) electrons. The maximum Gasteiger partial charge on any atom is 0.107 e. The highest BCUT2D eigenvalue weighted by molar-refractivity contribution is 7.13. The number of aryl methyl sites for hydroxylation is 1. The van der Waals surface area contributed by atoms with Crippen molar-refractivity contribution < 1.29 is 5.11 Å². The molecule has 0 aliphatic heterocycles. The first-order valence-corrected chi connectivity index (χ1v) is 8.49. The molecule has 5 heteroatoms. The van der Waals surface area contributed by atoms with Crippen molar-refractivity contribution in [1.29, 1.82) is 0 Å². The molecule has 3 rings (SSSR count). The van der Waals surface area contributed by atoms with Crippen molar-refractivity contribution in [2.24, 2.45) is 7.05 Å². The van der Waals surface area contributed by atoms with Gasteiger partial charge < -0.3 is 10.4 Å². The molecule has 2 aromatic heterocycles. The van der Waals surface area contributed by atoms with Gasteiger partial charge in [0, 0.05) is 31.9 Å². The topological polar surface area (TPSA) is 50.1 Å². The third-order valence-electron chi connectivity index (χ3n) is 3.84. The van der Waals surface area contributed by atoms with Gasteiger partial charge in [-0.25, -0.2) is 0 Å². The van der Waals surface area contributed by atoms with Crippen molar-refractivity contribution >= 4 is 11.3 Å². The number of aliphatic hydroxyl groups is 1. The van der Waals surface area contributed by atoms with E-state index in [-0.39, 0.29) is 0 Å². The van der Waals surface area contributed by atoms with E-state index in [1.165, 1.54) is 0 Å². The van der Waals surface area contributed by atoms with Crippen molar-refractivity contribution in [2.45, 2.75) is 19.1 Å². The summed E-state index contributed by atoms with van der Waals surface area (Å²) >= 11 is 1.69. The van der Waals surface area contributed by atoms with E-state index in [0.717, 1.165) is 21.7 Å². The van der Waals surface area contributed by atoms with Gasteiger partial charge in [-0.1, -0.05) is 36.4 Å². The number of benzene rings is 1. The second-order valence-electron chi connectivity index (χ2n) is 5.90. The lowest BCUT2D eigenvalue weighted by Crippen LogP contribution is -2.35. The predicted octanol–water partition coefficient (Wildman–Crippen LogP) is 3.15. The molecule has 0 spiro atoms. The second-order valence-corrected chi connectivity index (χ2v) is 6.85. The van der Waals surface area contributed by atoms with Crippen LogP contribution in [0.2, 0.25) is 0 Å². The molecular formula is C18H21N3OS. The summed E-state index contributed by atoms with van der Waals surface area (Å²) in [7, 11) is 1.93. The van der Waals surface area contributed by atoms with Gasteiger partial charge in [0.05, 0.1) is 10.5 Å². The molecule has 2 N–H and O–H groups in total. The maximum atomic E-state index is 10.6. The van der Waals surface area contributed by atoms with E-state index >= 15 is 0 Å². The molecule has 0 fully saturated rings. The molecule has 2 heterocycles. The molecule has 0 aliphatic rings. The number of aromatic nitrogens is 2. The fraction of sp³-hybridized carbons (Fsp3) is 0.278. The van der Waals surface area contributed by atoms with Crippen LogP contribution in [-0.2, 0) is 19.2 Å². The minimum atomic E-state index is -0.896. The number of thiophene rings is 1. The van der Waals surface area contributed by atoms with Gasteiger partial charge in [-0.3, -0.25) is 4.68 Å². The highest BCUT2D eigenvalue weighted by Gasteiger charge is 2.22. The van der Waals surface area contributed by atoms with E-state index in [9.17, 15) is 5.11 Å². The Morgan fingerprint density at radius 2 is 2.00 bits per heavy atom. The highest BCUT2D eigenvalue weighted by Crippen LogP contribution is 2.26. The number of rotatable bonds is 6. The van der Waals surface area contributed by atoms with Crippen molar-refractivity contribution in [3.8, 4) is 10.6 Å². The van der Waals surface area contributed by atoms with Gasteiger partial charge >= 0.3 is 0 Å². The van der Waals surface area contributed by atoms with Crippen LogP contribution in [0.25, 0.3) is 10.6 Å². The molecule has 0 bridgehead atoms. The van der Waals surface area contributed by atoms with Gasteiger partial charge in [-0.05, 0) is 23.9 Å². The Bertz CT molecular complexity index is 748. The van der Waals surface area contributed by atoms with E-state index in [1.54, 1.807) is 11.3 Å². The van der Waals surface area contributed by atoms with Crippen LogP contribution in [0.1, 0.15) is 18.1 Å². The van der Waals surface area contributed by atoms with Gasteiger partial charge in [0.1, 0.15) is 5.69 Å². The molecule has 0 saturated heterocycles. The van der Waals surface area contributed by atoms with Gasteiger partial charge in [0.15, 0.2) is 0 Å². The van der Waals surface area contributed by atoms with Crippen LogP contribution in [0.5, 0.6) is 0 Å². The van der Waals surface area contributed by atoms with Crippen LogP contribution in [0, 0.1) is 0 Å². The summed E-state index contributed by atoms with van der Waals surface area (Å²) in [6.45, 7) is 2.98. The first-order chi connectivity index (χ1) is 11.1. The van der Waals surface area contributed by atoms with Gasteiger partial charge in [-0.2, -0.15) is 5.10 Å². The summed E-state index contributed by atoms with van der Waals surface area (Å²) in [5, 5.41) is 20.6. The third-order valence-corrected chi connectivity index (χ3v) is 4.72. The summed E-state index contributed by atoms with van der Waals surface area (Å²) in [5.74, 6) is 0. The van der Waals surface area contributed by atoms with Crippen LogP contribution in [0.4, 0.5) is 0 Å². The van der Waals surface area contributed by atoms with E-state index in [2.05, 4.69) is 21.9 Å². The average Bonchev–Trinajstić information content (AvgIpc) is 3.17. The third kappa shape index (κ3) is 3.69. The molecule has 1 aromatic carbocycles. The minimum Gasteiger partial charge on any atom is -0.384 e. The molecule has 1 atom stereocenters. The van der Waals surface area contributed by atoms with Crippen molar-refractivity contribution in [3.63, 3.8) is 0 Å². The molecule has 23 heavy (non-hydrogen) atoms. The Morgan fingerprint density at radius 1 is 1.22 bits per heavy atom. The second kappa shape index (κ2) is 6.66. The fourth-order valence-electron chi connectivity index (χ4n) is 2.63. The lowest BCUT2D eigenvalue weighted by molar-refractivity contribution is 0.0567. The van der Waals surface area contributed by atoms with E-state index < -0.39 is 5.60 Å². The zero-order valence-electron chi connectivity index (χ0n) is 13.4. The van der Waals surface area contributed by atoms with Crippen LogP contribution in [-0.4, -0.2) is 21.4 Å². The van der Waals surface area contributed by atoms with E-state index in [4.69, 9.17) is 0 Å². The van der Waals surface area contributed by atoms with Gasteiger partial charge in [0.25, 0.3) is 0 Å². The summed E-state index contributed by atoms with van der Waals surface area (Å²) in [5.41, 5.74) is 2.16.